The van der Waals surface area contributed by atoms with Gasteiger partial charge in [-0.05, 0) is 30.2 Å². The Bertz CT molecular complexity index is 808. The van der Waals surface area contributed by atoms with Gasteiger partial charge in [-0.3, -0.25) is 4.79 Å². The molecule has 0 aliphatic carbocycles. The number of pyridine rings is 1. The van der Waals surface area contributed by atoms with Crippen molar-refractivity contribution in [3.8, 4) is 0 Å². The molecular formula is C21H25N3O3. The van der Waals surface area contributed by atoms with Crippen LogP contribution >= 0.6 is 0 Å². The van der Waals surface area contributed by atoms with Crippen LogP contribution in [-0.2, 0) is 15.9 Å². The lowest BCUT2D eigenvalue weighted by Gasteiger charge is -2.37. The van der Waals surface area contributed by atoms with Gasteiger partial charge in [-0.15, -0.1) is 0 Å². The number of rotatable bonds is 4. The summed E-state index contributed by atoms with van der Waals surface area (Å²) in [5, 5.41) is 3.34. The van der Waals surface area contributed by atoms with Crippen molar-refractivity contribution >= 4 is 17.4 Å². The summed E-state index contributed by atoms with van der Waals surface area (Å²) in [4.78, 5) is 19.2. The molecule has 0 bridgehead atoms. The van der Waals surface area contributed by atoms with E-state index in [2.05, 4.69) is 23.3 Å². The van der Waals surface area contributed by atoms with Gasteiger partial charge < -0.3 is 19.7 Å². The highest BCUT2D eigenvalue weighted by molar-refractivity contribution is 5.95. The van der Waals surface area contributed by atoms with Crippen molar-refractivity contribution in [2.75, 3.05) is 31.6 Å². The second-order valence-corrected chi connectivity index (χ2v) is 6.97. The zero-order valence-electron chi connectivity index (χ0n) is 15.6. The van der Waals surface area contributed by atoms with E-state index < -0.39 is 5.79 Å². The summed E-state index contributed by atoms with van der Waals surface area (Å²) < 4.78 is 11.5. The summed E-state index contributed by atoms with van der Waals surface area (Å²) >= 11 is 0. The minimum absolute atomic E-state index is 0.0251. The van der Waals surface area contributed by atoms with Gasteiger partial charge in [-0.2, -0.15) is 0 Å². The average Bonchev–Trinajstić information content (AvgIpc) is 3.17. The quantitative estimate of drug-likeness (QED) is 0.898. The first-order valence-corrected chi connectivity index (χ1v) is 9.57. The molecule has 2 aliphatic rings. The maximum Gasteiger partial charge on any atom is 0.254 e. The molecule has 142 valence electrons. The monoisotopic (exact) mass is 367 g/mol. The predicted molar refractivity (Wildman–Crippen MR) is 103 cm³/mol. The van der Waals surface area contributed by atoms with Gasteiger partial charge in [-0.25, -0.2) is 4.98 Å². The normalized spacial score (nSPS) is 18.6. The van der Waals surface area contributed by atoms with Crippen molar-refractivity contribution in [3.05, 3.63) is 53.7 Å². The molecule has 1 amide bonds. The second kappa shape index (κ2) is 7.66. The van der Waals surface area contributed by atoms with Crippen molar-refractivity contribution in [2.24, 2.45) is 0 Å². The number of carbonyl (C=O) groups is 1. The zero-order valence-corrected chi connectivity index (χ0v) is 15.6. The number of aryl methyl sites for hydroxylation is 1. The van der Waals surface area contributed by atoms with Crippen molar-refractivity contribution in [3.63, 3.8) is 0 Å². The summed E-state index contributed by atoms with van der Waals surface area (Å²) in [5.74, 6) is 0.237. The number of para-hydroxylation sites is 1. The number of nitrogens with zero attached hydrogens (tertiary/aromatic N) is 2. The maximum absolute atomic E-state index is 12.9. The van der Waals surface area contributed by atoms with Gasteiger partial charge in [-0.1, -0.05) is 25.1 Å². The van der Waals surface area contributed by atoms with Crippen LogP contribution in [0.25, 0.3) is 0 Å². The number of hydrogen-bond donors (Lipinski definition) is 1. The third-order valence-electron chi connectivity index (χ3n) is 5.29. The highest BCUT2D eigenvalue weighted by Crippen LogP contribution is 2.32. The summed E-state index contributed by atoms with van der Waals surface area (Å²) in [6.45, 7) is 4.69. The molecule has 1 N–H and O–H groups in total. The molecule has 3 heterocycles. The SMILES string of the molecule is CCc1ccccc1Nc1cc(C(=O)N2CCC3(CC2)OCCO3)ccn1. The van der Waals surface area contributed by atoms with Crippen LogP contribution in [0.5, 0.6) is 0 Å². The molecule has 4 rings (SSSR count). The van der Waals surface area contributed by atoms with E-state index in [4.69, 9.17) is 9.47 Å². The molecule has 0 unspecified atom stereocenters. The molecule has 0 saturated carbocycles. The number of carbonyl (C=O) groups excluding carboxylic acids is 1. The van der Waals surface area contributed by atoms with Crippen LogP contribution in [-0.4, -0.2) is 47.9 Å². The molecular weight excluding hydrogens is 342 g/mol. The van der Waals surface area contributed by atoms with Crippen molar-refractivity contribution < 1.29 is 14.3 Å². The second-order valence-electron chi connectivity index (χ2n) is 6.97. The van der Waals surface area contributed by atoms with Crippen LogP contribution in [0.4, 0.5) is 11.5 Å². The molecule has 6 heteroatoms. The van der Waals surface area contributed by atoms with E-state index in [1.54, 1.807) is 12.3 Å². The molecule has 1 aromatic heterocycles. The van der Waals surface area contributed by atoms with Gasteiger partial charge in [0.05, 0.1) is 13.2 Å². The van der Waals surface area contributed by atoms with Gasteiger partial charge in [0.25, 0.3) is 5.91 Å². The number of aromatic nitrogens is 1. The van der Waals surface area contributed by atoms with E-state index in [0.29, 0.717) is 37.7 Å². The third kappa shape index (κ3) is 3.82. The molecule has 6 nitrogen and oxygen atoms in total. The molecule has 0 atom stereocenters. The van der Waals surface area contributed by atoms with Crippen LogP contribution < -0.4 is 5.32 Å². The van der Waals surface area contributed by atoms with Crippen LogP contribution in [0, 0.1) is 0 Å². The Morgan fingerprint density at radius 1 is 1.19 bits per heavy atom. The number of likely N-dealkylation sites (tertiary alicyclic amines) is 1. The first-order valence-electron chi connectivity index (χ1n) is 9.57. The average molecular weight is 367 g/mol. The number of nitrogens with one attached hydrogen (secondary N) is 1. The van der Waals surface area contributed by atoms with Crippen LogP contribution in [0.1, 0.15) is 35.7 Å². The predicted octanol–water partition coefficient (Wildman–Crippen LogP) is 3.37. The Morgan fingerprint density at radius 2 is 1.93 bits per heavy atom. The smallest absolute Gasteiger partial charge is 0.254 e. The lowest BCUT2D eigenvalue weighted by Crippen LogP contribution is -2.47. The minimum Gasteiger partial charge on any atom is -0.347 e. The van der Waals surface area contributed by atoms with Crippen molar-refractivity contribution in [1.29, 1.82) is 0 Å². The molecule has 2 aromatic rings. The highest BCUT2D eigenvalue weighted by Gasteiger charge is 2.40. The first kappa shape index (κ1) is 17.9. The maximum atomic E-state index is 12.9. The highest BCUT2D eigenvalue weighted by atomic mass is 16.7. The Morgan fingerprint density at radius 3 is 2.67 bits per heavy atom. The fourth-order valence-corrected chi connectivity index (χ4v) is 3.74. The van der Waals surface area contributed by atoms with Crippen LogP contribution in [0.2, 0.25) is 0 Å². The van der Waals surface area contributed by atoms with Gasteiger partial charge >= 0.3 is 0 Å². The third-order valence-corrected chi connectivity index (χ3v) is 5.29. The number of anilines is 2. The molecule has 2 fully saturated rings. The van der Waals surface area contributed by atoms with E-state index in [1.165, 1.54) is 5.56 Å². The number of amides is 1. The zero-order chi connectivity index (χ0) is 18.7. The van der Waals surface area contributed by atoms with E-state index in [-0.39, 0.29) is 5.91 Å². The van der Waals surface area contributed by atoms with E-state index in [9.17, 15) is 4.79 Å². The Balaban J connectivity index is 1.45. The molecule has 2 saturated heterocycles. The molecule has 2 aliphatic heterocycles. The van der Waals surface area contributed by atoms with Crippen LogP contribution in [0.3, 0.4) is 0 Å². The summed E-state index contributed by atoms with van der Waals surface area (Å²) in [6, 6.07) is 11.7. The lowest BCUT2D eigenvalue weighted by atomic mass is 10.0. The first-order chi connectivity index (χ1) is 13.2. The minimum atomic E-state index is -0.467. The van der Waals surface area contributed by atoms with Gasteiger partial charge in [0, 0.05) is 43.4 Å². The van der Waals surface area contributed by atoms with Gasteiger partial charge in [0.1, 0.15) is 5.82 Å². The van der Waals surface area contributed by atoms with Crippen molar-refractivity contribution in [1.82, 2.24) is 9.88 Å². The Kier molecular flexibility index (Phi) is 5.09. The summed E-state index contributed by atoms with van der Waals surface area (Å²) in [6.07, 6.45) is 4.05. The summed E-state index contributed by atoms with van der Waals surface area (Å²) in [7, 11) is 0. The van der Waals surface area contributed by atoms with E-state index in [0.717, 1.165) is 24.9 Å². The van der Waals surface area contributed by atoms with E-state index >= 15 is 0 Å². The summed E-state index contributed by atoms with van der Waals surface area (Å²) in [5.41, 5.74) is 2.88. The van der Waals surface area contributed by atoms with Gasteiger partial charge in [0.15, 0.2) is 5.79 Å². The topological polar surface area (TPSA) is 63.7 Å². The standard InChI is InChI=1S/C21H25N3O3/c1-2-16-5-3-4-6-18(16)23-19-15-17(7-10-22-19)20(25)24-11-8-21(9-12-24)26-13-14-27-21/h3-7,10,15H,2,8-9,11-14H2,1H3,(H,22,23). The van der Waals surface area contributed by atoms with Crippen molar-refractivity contribution in [2.45, 2.75) is 32.0 Å². The molecule has 0 radical (unpaired) electrons. The lowest BCUT2D eigenvalue weighted by molar-refractivity contribution is -0.181. The fraction of sp³-hybridized carbons (Fsp3) is 0.429. The molecule has 1 spiro atoms. The van der Waals surface area contributed by atoms with E-state index in [1.807, 2.05) is 29.2 Å². The van der Waals surface area contributed by atoms with Crippen LogP contribution in [0.15, 0.2) is 42.6 Å². The van der Waals surface area contributed by atoms with Gasteiger partial charge in [0.2, 0.25) is 0 Å². The molecule has 27 heavy (non-hydrogen) atoms. The Hall–Kier alpha value is -2.44. The Labute approximate surface area is 159 Å². The number of benzene rings is 1. The fourth-order valence-electron chi connectivity index (χ4n) is 3.74. The number of hydrogen-bond acceptors (Lipinski definition) is 5. The number of piperidine rings is 1. The number of ether oxygens (including phenoxy) is 2. The largest absolute Gasteiger partial charge is 0.347 e. The molecule has 1 aromatic carbocycles.